The number of nitrogens with one attached hydrogen (secondary N) is 1. The fourth-order valence-corrected chi connectivity index (χ4v) is 2.42. The second-order valence-corrected chi connectivity index (χ2v) is 6.16. The Morgan fingerprint density at radius 1 is 1.35 bits per heavy atom. The number of carbonyl (C=O) groups is 1. The number of hydrogen-bond donors (Lipinski definition) is 1. The van der Waals surface area contributed by atoms with Gasteiger partial charge in [0.05, 0.1) is 0 Å². The van der Waals surface area contributed by atoms with E-state index < -0.39 is 0 Å². The Labute approximate surface area is 127 Å². The Hall–Kier alpha value is -1.06. The van der Waals surface area contributed by atoms with Gasteiger partial charge in [-0.1, -0.05) is 26.0 Å². The first-order valence-electron chi connectivity index (χ1n) is 7.03. The SMILES string of the molecule is CC(C)CC(CN(C)C)NC(=O)c1cccc(CCl)c1. The molecule has 4 heteroatoms. The standard InChI is InChI=1S/C16H25ClN2O/c1-12(2)8-15(11-19(3)4)18-16(20)14-7-5-6-13(9-14)10-17/h5-7,9,12,15H,8,10-11H2,1-4H3,(H,18,20). The van der Waals surface area contributed by atoms with Crippen molar-refractivity contribution < 1.29 is 4.79 Å². The first-order chi connectivity index (χ1) is 9.42. The van der Waals surface area contributed by atoms with E-state index in [9.17, 15) is 4.79 Å². The topological polar surface area (TPSA) is 32.3 Å². The molecule has 0 aromatic heterocycles. The quantitative estimate of drug-likeness (QED) is 0.784. The number of amides is 1. The molecule has 0 bridgehead atoms. The van der Waals surface area contributed by atoms with E-state index in [2.05, 4.69) is 24.1 Å². The van der Waals surface area contributed by atoms with E-state index in [-0.39, 0.29) is 11.9 Å². The van der Waals surface area contributed by atoms with E-state index in [1.54, 1.807) is 0 Å². The highest BCUT2D eigenvalue weighted by atomic mass is 35.5. The van der Waals surface area contributed by atoms with E-state index in [0.717, 1.165) is 18.5 Å². The molecule has 0 heterocycles. The van der Waals surface area contributed by atoms with Crippen molar-refractivity contribution in [2.45, 2.75) is 32.2 Å². The van der Waals surface area contributed by atoms with Crippen LogP contribution in [0.3, 0.4) is 0 Å². The lowest BCUT2D eigenvalue weighted by atomic mass is 10.0. The summed E-state index contributed by atoms with van der Waals surface area (Å²) in [6.45, 7) is 5.19. The second kappa shape index (κ2) is 8.28. The Balaban J connectivity index is 2.73. The van der Waals surface area contributed by atoms with Crippen molar-refractivity contribution in [3.05, 3.63) is 35.4 Å². The lowest BCUT2D eigenvalue weighted by molar-refractivity contribution is 0.0924. The van der Waals surface area contributed by atoms with Crippen LogP contribution in [0.25, 0.3) is 0 Å². The molecule has 0 aliphatic rings. The zero-order valence-corrected chi connectivity index (χ0v) is 13.6. The van der Waals surface area contributed by atoms with E-state index in [1.165, 1.54) is 0 Å². The van der Waals surface area contributed by atoms with Crippen LogP contribution in [-0.4, -0.2) is 37.5 Å². The molecule has 0 saturated carbocycles. The summed E-state index contributed by atoms with van der Waals surface area (Å²) in [5, 5.41) is 3.12. The first-order valence-corrected chi connectivity index (χ1v) is 7.56. The number of hydrogen-bond acceptors (Lipinski definition) is 2. The van der Waals surface area contributed by atoms with E-state index >= 15 is 0 Å². The normalized spacial score (nSPS) is 12.8. The summed E-state index contributed by atoms with van der Waals surface area (Å²) in [4.78, 5) is 14.4. The Morgan fingerprint density at radius 3 is 2.60 bits per heavy atom. The summed E-state index contributed by atoms with van der Waals surface area (Å²) < 4.78 is 0. The van der Waals surface area contributed by atoms with Crippen molar-refractivity contribution in [2.24, 2.45) is 5.92 Å². The van der Waals surface area contributed by atoms with Crippen molar-refractivity contribution in [2.75, 3.05) is 20.6 Å². The van der Waals surface area contributed by atoms with Crippen molar-refractivity contribution in [1.29, 1.82) is 0 Å². The predicted octanol–water partition coefficient (Wildman–Crippen LogP) is 3.13. The predicted molar refractivity (Wildman–Crippen MR) is 85.3 cm³/mol. The van der Waals surface area contributed by atoms with E-state index in [4.69, 9.17) is 11.6 Å². The van der Waals surface area contributed by atoms with Gasteiger partial charge in [-0.25, -0.2) is 0 Å². The summed E-state index contributed by atoms with van der Waals surface area (Å²) in [6.07, 6.45) is 0.971. The molecule has 0 saturated heterocycles. The molecule has 0 spiro atoms. The average Bonchev–Trinajstić information content (AvgIpc) is 2.37. The summed E-state index contributed by atoms with van der Waals surface area (Å²) in [6, 6.07) is 7.64. The third-order valence-corrected chi connectivity index (χ3v) is 3.33. The molecular formula is C16H25ClN2O. The summed E-state index contributed by atoms with van der Waals surface area (Å²) in [5.41, 5.74) is 1.64. The average molecular weight is 297 g/mol. The van der Waals surface area contributed by atoms with Crippen molar-refractivity contribution in [1.82, 2.24) is 10.2 Å². The summed E-state index contributed by atoms with van der Waals surface area (Å²) >= 11 is 5.81. The molecule has 1 atom stereocenters. The molecule has 112 valence electrons. The van der Waals surface area contributed by atoms with Crippen molar-refractivity contribution in [3.8, 4) is 0 Å². The largest absolute Gasteiger partial charge is 0.348 e. The number of benzene rings is 1. The van der Waals surface area contributed by atoms with Crippen LogP contribution in [0.1, 0.15) is 36.2 Å². The molecule has 0 fully saturated rings. The number of rotatable bonds is 7. The second-order valence-electron chi connectivity index (χ2n) is 5.90. The Morgan fingerprint density at radius 2 is 2.05 bits per heavy atom. The van der Waals surface area contributed by atoms with Gasteiger partial charge in [-0.3, -0.25) is 4.79 Å². The summed E-state index contributed by atoms with van der Waals surface area (Å²) in [7, 11) is 4.04. The maximum absolute atomic E-state index is 12.3. The van der Waals surface area contributed by atoms with Gasteiger partial charge in [-0.15, -0.1) is 11.6 Å². The molecule has 1 rings (SSSR count). The van der Waals surface area contributed by atoms with Gasteiger partial charge in [-0.05, 0) is 44.1 Å². The van der Waals surface area contributed by atoms with Crippen molar-refractivity contribution in [3.63, 3.8) is 0 Å². The van der Waals surface area contributed by atoms with Crippen LogP contribution in [0, 0.1) is 5.92 Å². The molecule has 0 radical (unpaired) electrons. The monoisotopic (exact) mass is 296 g/mol. The van der Waals surface area contributed by atoms with Gasteiger partial charge < -0.3 is 10.2 Å². The Bertz CT molecular complexity index is 422. The zero-order valence-electron chi connectivity index (χ0n) is 12.8. The van der Waals surface area contributed by atoms with Gasteiger partial charge in [0.1, 0.15) is 0 Å². The van der Waals surface area contributed by atoms with Crippen LogP contribution in [0.4, 0.5) is 0 Å². The fourth-order valence-electron chi connectivity index (χ4n) is 2.25. The molecule has 0 aliphatic heterocycles. The van der Waals surface area contributed by atoms with Crippen LogP contribution in [0.2, 0.25) is 0 Å². The fraction of sp³-hybridized carbons (Fsp3) is 0.562. The minimum atomic E-state index is -0.0236. The third-order valence-electron chi connectivity index (χ3n) is 3.02. The van der Waals surface area contributed by atoms with Gasteiger partial charge in [0.2, 0.25) is 0 Å². The van der Waals surface area contributed by atoms with Crippen LogP contribution in [-0.2, 0) is 5.88 Å². The smallest absolute Gasteiger partial charge is 0.251 e. The number of alkyl halides is 1. The molecule has 3 nitrogen and oxygen atoms in total. The molecule has 20 heavy (non-hydrogen) atoms. The first kappa shape index (κ1) is 17.0. The third kappa shape index (κ3) is 5.93. The molecule has 1 amide bonds. The highest BCUT2D eigenvalue weighted by molar-refractivity contribution is 6.17. The van der Waals surface area contributed by atoms with E-state index in [0.29, 0.717) is 17.4 Å². The zero-order chi connectivity index (χ0) is 15.1. The number of halogens is 1. The molecule has 1 aromatic carbocycles. The van der Waals surface area contributed by atoms with Gasteiger partial charge in [0, 0.05) is 24.0 Å². The lowest BCUT2D eigenvalue weighted by Crippen LogP contribution is -2.42. The van der Waals surface area contributed by atoms with Crippen LogP contribution >= 0.6 is 11.6 Å². The maximum Gasteiger partial charge on any atom is 0.251 e. The number of nitrogens with zero attached hydrogens (tertiary/aromatic N) is 1. The maximum atomic E-state index is 12.3. The highest BCUT2D eigenvalue weighted by Crippen LogP contribution is 2.10. The van der Waals surface area contributed by atoms with Gasteiger partial charge in [-0.2, -0.15) is 0 Å². The van der Waals surface area contributed by atoms with Crippen LogP contribution in [0.5, 0.6) is 0 Å². The number of likely N-dealkylation sites (N-methyl/N-ethyl adjacent to an activating group) is 1. The van der Waals surface area contributed by atoms with Gasteiger partial charge >= 0.3 is 0 Å². The molecule has 1 N–H and O–H groups in total. The molecular weight excluding hydrogens is 272 g/mol. The van der Waals surface area contributed by atoms with Crippen molar-refractivity contribution >= 4 is 17.5 Å². The molecule has 1 aromatic rings. The highest BCUT2D eigenvalue weighted by Gasteiger charge is 2.16. The van der Waals surface area contributed by atoms with Crippen LogP contribution < -0.4 is 5.32 Å². The number of carbonyl (C=O) groups excluding carboxylic acids is 1. The Kier molecular flexibility index (Phi) is 7.03. The minimum absolute atomic E-state index is 0.0236. The van der Waals surface area contributed by atoms with Gasteiger partial charge in [0.15, 0.2) is 0 Å². The minimum Gasteiger partial charge on any atom is -0.348 e. The molecule has 0 aliphatic carbocycles. The van der Waals surface area contributed by atoms with E-state index in [1.807, 2.05) is 38.4 Å². The van der Waals surface area contributed by atoms with Gasteiger partial charge in [0.25, 0.3) is 5.91 Å². The summed E-state index contributed by atoms with van der Waals surface area (Å²) in [5.74, 6) is 0.952. The lowest BCUT2D eigenvalue weighted by Gasteiger charge is -2.24. The molecule has 1 unspecified atom stereocenters. The van der Waals surface area contributed by atoms with Crippen LogP contribution in [0.15, 0.2) is 24.3 Å².